The molecule has 0 aliphatic carbocycles. The maximum absolute atomic E-state index is 13.2. The Morgan fingerprint density at radius 3 is 2.48 bits per heavy atom. The molecular formula is C23H19BrN4O4S. The second-order valence-electron chi connectivity index (χ2n) is 6.61. The summed E-state index contributed by atoms with van der Waals surface area (Å²) in [7, 11) is -3.99. The van der Waals surface area contributed by atoms with Gasteiger partial charge in [-0.2, -0.15) is 10.4 Å². The van der Waals surface area contributed by atoms with Crippen LogP contribution in [0.25, 0.3) is 0 Å². The third kappa shape index (κ3) is 6.65. The number of hydrogen-bond donors (Lipinski definition) is 1. The zero-order valence-corrected chi connectivity index (χ0v) is 19.7. The van der Waals surface area contributed by atoms with Crippen molar-refractivity contribution in [1.29, 1.82) is 5.26 Å². The highest BCUT2D eigenvalue weighted by atomic mass is 79.9. The number of anilines is 1. The van der Waals surface area contributed by atoms with Crippen molar-refractivity contribution in [2.45, 2.75) is 4.90 Å². The van der Waals surface area contributed by atoms with E-state index in [4.69, 9.17) is 10.00 Å². The first-order chi connectivity index (χ1) is 15.9. The molecule has 0 spiro atoms. The molecule has 0 radical (unpaired) electrons. The first-order valence-corrected chi connectivity index (χ1v) is 11.9. The molecule has 0 heterocycles. The Bertz CT molecular complexity index is 1270. The number of benzene rings is 3. The molecule has 1 N–H and O–H groups in total. The van der Waals surface area contributed by atoms with Crippen LogP contribution in [0.3, 0.4) is 0 Å². The van der Waals surface area contributed by atoms with Gasteiger partial charge in [-0.1, -0.05) is 40.2 Å². The summed E-state index contributed by atoms with van der Waals surface area (Å²) < 4.78 is 33.4. The standard InChI is InChI=1S/C23H19BrN4O4S/c24-19-5-4-6-20(15-19)28(33(30,31)22-7-2-1-3-8-22)17-23(29)27-26-16-18-9-11-21(12-10-18)32-14-13-25/h1-12,15-16H,14,17H2,(H,27,29)/b26-16-. The van der Waals surface area contributed by atoms with Gasteiger partial charge in [0.2, 0.25) is 0 Å². The number of carbonyl (C=O) groups is 1. The molecule has 3 aromatic rings. The summed E-state index contributed by atoms with van der Waals surface area (Å²) in [5.74, 6) is -0.0757. The van der Waals surface area contributed by atoms with Crippen LogP contribution in [0, 0.1) is 11.3 Å². The van der Waals surface area contributed by atoms with E-state index < -0.39 is 22.5 Å². The van der Waals surface area contributed by atoms with Gasteiger partial charge < -0.3 is 4.74 Å². The Balaban J connectivity index is 1.74. The second kappa shape index (κ2) is 11.3. The van der Waals surface area contributed by atoms with Crippen molar-refractivity contribution in [3.8, 4) is 11.8 Å². The highest BCUT2D eigenvalue weighted by Crippen LogP contribution is 2.26. The number of rotatable bonds is 9. The molecule has 0 aromatic heterocycles. The van der Waals surface area contributed by atoms with Crippen LogP contribution < -0.4 is 14.5 Å². The van der Waals surface area contributed by atoms with Crippen LogP contribution >= 0.6 is 15.9 Å². The number of hydrogen-bond acceptors (Lipinski definition) is 6. The maximum Gasteiger partial charge on any atom is 0.264 e. The summed E-state index contributed by atoms with van der Waals surface area (Å²) in [4.78, 5) is 12.6. The van der Waals surface area contributed by atoms with Crippen LogP contribution in [0.15, 0.2) is 93.3 Å². The van der Waals surface area contributed by atoms with Gasteiger partial charge in [-0.15, -0.1) is 0 Å². The van der Waals surface area contributed by atoms with E-state index in [1.807, 2.05) is 6.07 Å². The number of ether oxygens (including phenoxy) is 1. The molecule has 3 rings (SSSR count). The fourth-order valence-corrected chi connectivity index (χ4v) is 4.60. The number of halogens is 1. The Kier molecular flexibility index (Phi) is 8.18. The van der Waals surface area contributed by atoms with Crippen LogP contribution in [-0.2, 0) is 14.8 Å². The molecule has 0 saturated carbocycles. The van der Waals surface area contributed by atoms with Gasteiger partial charge in [-0.05, 0) is 60.2 Å². The highest BCUT2D eigenvalue weighted by molar-refractivity contribution is 9.10. The normalized spacial score (nSPS) is 11.0. The molecule has 0 atom stereocenters. The Hall–Kier alpha value is -3.68. The number of nitrogens with zero attached hydrogens (tertiary/aromatic N) is 3. The van der Waals surface area contributed by atoms with Crippen LogP contribution in [0.4, 0.5) is 5.69 Å². The van der Waals surface area contributed by atoms with Crippen molar-refractivity contribution in [2.75, 3.05) is 17.5 Å². The number of nitrogens with one attached hydrogen (secondary N) is 1. The number of hydrazone groups is 1. The molecule has 3 aromatic carbocycles. The summed E-state index contributed by atoms with van der Waals surface area (Å²) >= 11 is 3.34. The minimum atomic E-state index is -3.99. The molecular weight excluding hydrogens is 508 g/mol. The van der Waals surface area contributed by atoms with Gasteiger partial charge in [0, 0.05) is 4.47 Å². The molecule has 8 nitrogen and oxygen atoms in total. The first-order valence-electron chi connectivity index (χ1n) is 9.65. The van der Waals surface area contributed by atoms with Gasteiger partial charge in [0.05, 0.1) is 16.8 Å². The third-order valence-electron chi connectivity index (χ3n) is 4.30. The zero-order valence-electron chi connectivity index (χ0n) is 17.3. The monoisotopic (exact) mass is 526 g/mol. The summed E-state index contributed by atoms with van der Waals surface area (Å²) in [6.45, 7) is -0.518. The number of carbonyl (C=O) groups excluding carboxylic acids is 1. The molecule has 0 fully saturated rings. The first kappa shape index (κ1) is 24.0. The molecule has 0 bridgehead atoms. The third-order valence-corrected chi connectivity index (χ3v) is 6.58. The van der Waals surface area contributed by atoms with E-state index in [9.17, 15) is 13.2 Å². The van der Waals surface area contributed by atoms with Crippen molar-refractivity contribution >= 4 is 43.8 Å². The average molecular weight is 527 g/mol. The van der Waals surface area contributed by atoms with Gasteiger partial charge in [-0.3, -0.25) is 9.10 Å². The van der Waals surface area contributed by atoms with Crippen LogP contribution in [0.5, 0.6) is 5.75 Å². The van der Waals surface area contributed by atoms with Crippen molar-refractivity contribution in [3.05, 3.63) is 88.9 Å². The molecule has 0 saturated heterocycles. The van der Waals surface area contributed by atoms with Gasteiger partial charge in [-0.25, -0.2) is 13.8 Å². The molecule has 1 amide bonds. The van der Waals surface area contributed by atoms with Crippen LogP contribution in [-0.4, -0.2) is 33.7 Å². The van der Waals surface area contributed by atoms with E-state index in [0.29, 0.717) is 21.5 Å². The van der Waals surface area contributed by atoms with Gasteiger partial charge in [0.1, 0.15) is 18.4 Å². The quantitative estimate of drug-likeness (QED) is 0.337. The van der Waals surface area contributed by atoms with Gasteiger partial charge in [0.25, 0.3) is 15.9 Å². The summed E-state index contributed by atoms with van der Waals surface area (Å²) in [5.41, 5.74) is 3.37. The molecule has 0 unspecified atom stereocenters. The smallest absolute Gasteiger partial charge is 0.264 e. The van der Waals surface area contributed by atoms with Crippen molar-refractivity contribution < 1.29 is 17.9 Å². The van der Waals surface area contributed by atoms with E-state index in [1.54, 1.807) is 66.7 Å². The highest BCUT2D eigenvalue weighted by Gasteiger charge is 2.27. The summed E-state index contributed by atoms with van der Waals surface area (Å²) in [6.07, 6.45) is 1.42. The minimum absolute atomic E-state index is 0.0517. The lowest BCUT2D eigenvalue weighted by molar-refractivity contribution is -0.119. The van der Waals surface area contributed by atoms with E-state index in [2.05, 4.69) is 26.5 Å². The molecule has 33 heavy (non-hydrogen) atoms. The van der Waals surface area contributed by atoms with Crippen molar-refractivity contribution in [2.24, 2.45) is 5.10 Å². The Morgan fingerprint density at radius 2 is 1.82 bits per heavy atom. The van der Waals surface area contributed by atoms with Crippen molar-refractivity contribution in [3.63, 3.8) is 0 Å². The number of sulfonamides is 1. The Labute approximate surface area is 200 Å². The SMILES string of the molecule is N#CCOc1ccc(/C=N\NC(=O)CN(c2cccc(Br)c2)S(=O)(=O)c2ccccc2)cc1. The van der Waals surface area contributed by atoms with Crippen LogP contribution in [0.2, 0.25) is 0 Å². The second-order valence-corrected chi connectivity index (χ2v) is 9.39. The zero-order chi connectivity index (χ0) is 23.7. The predicted octanol–water partition coefficient (Wildman–Crippen LogP) is 3.70. The van der Waals surface area contributed by atoms with Crippen molar-refractivity contribution in [1.82, 2.24) is 5.43 Å². The van der Waals surface area contributed by atoms with E-state index in [1.165, 1.54) is 18.3 Å². The fraction of sp³-hybridized carbons (Fsp3) is 0.0870. The predicted molar refractivity (Wildman–Crippen MR) is 128 cm³/mol. The van der Waals surface area contributed by atoms with Gasteiger partial charge in [0.15, 0.2) is 6.61 Å². The summed E-state index contributed by atoms with van der Waals surface area (Å²) in [6, 6.07) is 23.2. The topological polar surface area (TPSA) is 112 Å². The minimum Gasteiger partial charge on any atom is -0.479 e. The van der Waals surface area contributed by atoms with E-state index in [0.717, 1.165) is 4.31 Å². The fourth-order valence-electron chi connectivity index (χ4n) is 2.78. The molecule has 0 aliphatic rings. The molecule has 0 aliphatic heterocycles. The van der Waals surface area contributed by atoms with Crippen LogP contribution in [0.1, 0.15) is 5.56 Å². The molecule has 10 heteroatoms. The number of amides is 1. The van der Waals surface area contributed by atoms with Gasteiger partial charge >= 0.3 is 0 Å². The largest absolute Gasteiger partial charge is 0.479 e. The Morgan fingerprint density at radius 1 is 1.09 bits per heavy atom. The lowest BCUT2D eigenvalue weighted by atomic mass is 10.2. The lowest BCUT2D eigenvalue weighted by Gasteiger charge is -2.23. The summed E-state index contributed by atoms with van der Waals surface area (Å²) in [5, 5.41) is 12.4. The van der Waals surface area contributed by atoms with E-state index in [-0.39, 0.29) is 11.5 Å². The van der Waals surface area contributed by atoms with E-state index >= 15 is 0 Å². The number of nitriles is 1. The lowest BCUT2D eigenvalue weighted by Crippen LogP contribution is -2.39. The maximum atomic E-state index is 13.2. The average Bonchev–Trinajstić information content (AvgIpc) is 2.82. The molecule has 168 valence electrons.